The van der Waals surface area contributed by atoms with Crippen molar-refractivity contribution in [3.05, 3.63) is 27.9 Å². The molecule has 7 nitrogen and oxygen atoms in total. The van der Waals surface area contributed by atoms with Crippen LogP contribution in [0.4, 0.5) is 0 Å². The third-order valence-corrected chi connectivity index (χ3v) is 4.52. The van der Waals surface area contributed by atoms with E-state index in [9.17, 15) is 14.4 Å². The van der Waals surface area contributed by atoms with Crippen molar-refractivity contribution < 1.29 is 9.59 Å². The van der Waals surface area contributed by atoms with Crippen LogP contribution in [0.15, 0.2) is 11.1 Å². The molecule has 1 aromatic rings. The molecule has 1 aliphatic carbocycles. The number of nitrogens with zero attached hydrogens (tertiary/aromatic N) is 3. The van der Waals surface area contributed by atoms with Gasteiger partial charge >= 0.3 is 0 Å². The molecule has 1 aliphatic heterocycles. The van der Waals surface area contributed by atoms with Crippen molar-refractivity contribution >= 4 is 11.8 Å². The fourth-order valence-electron chi connectivity index (χ4n) is 3.34. The van der Waals surface area contributed by atoms with Gasteiger partial charge in [-0.1, -0.05) is 0 Å². The summed E-state index contributed by atoms with van der Waals surface area (Å²) in [5, 5.41) is 0. The molecule has 1 saturated heterocycles. The highest BCUT2D eigenvalue weighted by atomic mass is 16.2. The van der Waals surface area contributed by atoms with Gasteiger partial charge in [0, 0.05) is 12.1 Å². The molecular weight excluding hydrogens is 284 g/mol. The Morgan fingerprint density at radius 1 is 1.27 bits per heavy atom. The van der Waals surface area contributed by atoms with E-state index in [0.717, 1.165) is 43.4 Å². The van der Waals surface area contributed by atoms with Crippen molar-refractivity contribution in [2.75, 3.05) is 6.54 Å². The van der Waals surface area contributed by atoms with Crippen molar-refractivity contribution in [3.8, 4) is 0 Å². The maximum atomic E-state index is 12.5. The molecule has 1 atom stereocenters. The number of aromatic nitrogens is 2. The minimum Gasteiger partial charge on any atom is -0.368 e. The fraction of sp³-hybridized carbons (Fsp3) is 0.600. The normalized spacial score (nSPS) is 20.7. The summed E-state index contributed by atoms with van der Waals surface area (Å²) in [6, 6.07) is -0.556. The summed E-state index contributed by atoms with van der Waals surface area (Å²) in [5.74, 6) is -0.724. The van der Waals surface area contributed by atoms with E-state index >= 15 is 0 Å². The topological polar surface area (TPSA) is 98.3 Å². The molecule has 2 aliphatic rings. The molecule has 22 heavy (non-hydrogen) atoms. The highest BCUT2D eigenvalue weighted by molar-refractivity contribution is 5.86. The van der Waals surface area contributed by atoms with Crippen LogP contribution in [-0.4, -0.2) is 38.9 Å². The van der Waals surface area contributed by atoms with Gasteiger partial charge in [-0.3, -0.25) is 19.0 Å². The first kappa shape index (κ1) is 14.7. The van der Waals surface area contributed by atoms with Crippen LogP contribution in [0.5, 0.6) is 0 Å². The molecule has 0 radical (unpaired) electrons. The molecule has 2 heterocycles. The van der Waals surface area contributed by atoms with Gasteiger partial charge < -0.3 is 10.6 Å². The standard InChI is InChI=1S/C15H20N4O3/c16-14(21)12-6-1-2-7-19(12)13(20)8-18-9-17-11-5-3-4-10(11)15(18)22/h9,12H,1-8H2,(H2,16,21). The average Bonchev–Trinajstić information content (AvgIpc) is 2.99. The Labute approximate surface area is 128 Å². The minimum absolute atomic E-state index is 0.0805. The van der Waals surface area contributed by atoms with Gasteiger partial charge in [-0.2, -0.15) is 0 Å². The van der Waals surface area contributed by atoms with Crippen LogP contribution in [0.3, 0.4) is 0 Å². The number of carbonyl (C=O) groups is 2. The minimum atomic E-state index is -0.556. The molecule has 0 saturated carbocycles. The third-order valence-electron chi connectivity index (χ3n) is 4.52. The Kier molecular flexibility index (Phi) is 3.96. The van der Waals surface area contributed by atoms with E-state index in [0.29, 0.717) is 13.0 Å². The number of piperidine rings is 1. The SMILES string of the molecule is NC(=O)C1CCCCN1C(=O)Cn1cnc2c(c1=O)CCC2. The van der Waals surface area contributed by atoms with Gasteiger partial charge in [0.2, 0.25) is 11.8 Å². The number of rotatable bonds is 3. The number of likely N-dealkylation sites (tertiary alicyclic amines) is 1. The summed E-state index contributed by atoms with van der Waals surface area (Å²) in [5.41, 5.74) is 6.81. The predicted molar refractivity (Wildman–Crippen MR) is 79.1 cm³/mol. The molecule has 1 fully saturated rings. The summed E-state index contributed by atoms with van der Waals surface area (Å²) in [7, 11) is 0. The molecule has 3 rings (SSSR count). The summed E-state index contributed by atoms with van der Waals surface area (Å²) in [6.45, 7) is 0.433. The lowest BCUT2D eigenvalue weighted by molar-refractivity contribution is -0.141. The van der Waals surface area contributed by atoms with E-state index in [1.807, 2.05) is 0 Å². The molecule has 7 heteroatoms. The van der Waals surface area contributed by atoms with Crippen molar-refractivity contribution in [3.63, 3.8) is 0 Å². The Morgan fingerprint density at radius 2 is 2.09 bits per heavy atom. The highest BCUT2D eigenvalue weighted by Crippen LogP contribution is 2.18. The van der Waals surface area contributed by atoms with Crippen molar-refractivity contribution in [1.82, 2.24) is 14.5 Å². The third kappa shape index (κ3) is 2.63. The lowest BCUT2D eigenvalue weighted by Gasteiger charge is -2.33. The van der Waals surface area contributed by atoms with E-state index in [1.54, 1.807) is 0 Å². The second kappa shape index (κ2) is 5.90. The number of fused-ring (bicyclic) bond motifs is 1. The number of aryl methyl sites for hydroxylation is 1. The van der Waals surface area contributed by atoms with E-state index in [-0.39, 0.29) is 18.0 Å². The van der Waals surface area contributed by atoms with Crippen LogP contribution in [-0.2, 0) is 29.0 Å². The zero-order chi connectivity index (χ0) is 15.7. The Balaban J connectivity index is 1.79. The molecular formula is C15H20N4O3. The van der Waals surface area contributed by atoms with Gasteiger partial charge in [0.05, 0.1) is 12.0 Å². The van der Waals surface area contributed by atoms with E-state index in [1.165, 1.54) is 15.8 Å². The molecule has 1 aromatic heterocycles. The molecule has 2 N–H and O–H groups in total. The Bertz CT molecular complexity index is 667. The van der Waals surface area contributed by atoms with Gasteiger partial charge in [0.15, 0.2) is 0 Å². The van der Waals surface area contributed by atoms with E-state index in [4.69, 9.17) is 5.73 Å². The second-order valence-corrected chi connectivity index (χ2v) is 5.96. The van der Waals surface area contributed by atoms with E-state index < -0.39 is 11.9 Å². The summed E-state index contributed by atoms with van der Waals surface area (Å²) >= 11 is 0. The van der Waals surface area contributed by atoms with Crippen molar-refractivity contribution in [2.45, 2.75) is 51.1 Å². The van der Waals surface area contributed by atoms with Gasteiger partial charge in [-0.15, -0.1) is 0 Å². The van der Waals surface area contributed by atoms with Crippen molar-refractivity contribution in [1.29, 1.82) is 0 Å². The Morgan fingerprint density at radius 3 is 2.86 bits per heavy atom. The summed E-state index contributed by atoms with van der Waals surface area (Å²) in [4.78, 5) is 42.1. The summed E-state index contributed by atoms with van der Waals surface area (Å²) < 4.78 is 1.35. The van der Waals surface area contributed by atoms with Crippen LogP contribution in [0.25, 0.3) is 0 Å². The molecule has 1 unspecified atom stereocenters. The lowest BCUT2D eigenvalue weighted by atomic mass is 10.0. The second-order valence-electron chi connectivity index (χ2n) is 5.96. The number of hydrogen-bond acceptors (Lipinski definition) is 4. The quantitative estimate of drug-likeness (QED) is 0.821. The zero-order valence-electron chi connectivity index (χ0n) is 12.5. The number of primary amides is 1. The number of amides is 2. The fourth-order valence-corrected chi connectivity index (χ4v) is 3.34. The molecule has 118 valence electrons. The summed E-state index contributed by atoms with van der Waals surface area (Å²) in [6.07, 6.45) is 6.26. The largest absolute Gasteiger partial charge is 0.368 e. The highest BCUT2D eigenvalue weighted by Gasteiger charge is 2.31. The first-order valence-electron chi connectivity index (χ1n) is 7.74. The van der Waals surface area contributed by atoms with Gasteiger partial charge in [-0.25, -0.2) is 4.98 Å². The predicted octanol–water partition coefficient (Wildman–Crippen LogP) is -0.402. The van der Waals surface area contributed by atoms with Crippen molar-refractivity contribution in [2.24, 2.45) is 5.73 Å². The molecule has 0 aromatic carbocycles. The molecule has 0 spiro atoms. The maximum absolute atomic E-state index is 12.5. The zero-order valence-corrected chi connectivity index (χ0v) is 12.5. The lowest BCUT2D eigenvalue weighted by Crippen LogP contribution is -2.51. The van der Waals surface area contributed by atoms with E-state index in [2.05, 4.69) is 4.98 Å². The monoisotopic (exact) mass is 304 g/mol. The van der Waals surface area contributed by atoms with Crippen LogP contribution >= 0.6 is 0 Å². The smallest absolute Gasteiger partial charge is 0.257 e. The molecule has 2 amide bonds. The number of nitrogens with two attached hydrogens (primary N) is 1. The van der Waals surface area contributed by atoms with Crippen LogP contribution in [0.2, 0.25) is 0 Å². The average molecular weight is 304 g/mol. The van der Waals surface area contributed by atoms with Crippen LogP contribution in [0, 0.1) is 0 Å². The maximum Gasteiger partial charge on any atom is 0.257 e. The van der Waals surface area contributed by atoms with Crippen LogP contribution < -0.4 is 11.3 Å². The first-order chi connectivity index (χ1) is 10.6. The first-order valence-corrected chi connectivity index (χ1v) is 7.74. The van der Waals surface area contributed by atoms with Gasteiger partial charge in [-0.05, 0) is 38.5 Å². The Hall–Kier alpha value is -2.18. The van der Waals surface area contributed by atoms with Gasteiger partial charge in [0.1, 0.15) is 12.6 Å². The number of hydrogen-bond donors (Lipinski definition) is 1. The molecule has 0 bridgehead atoms. The van der Waals surface area contributed by atoms with Gasteiger partial charge in [0.25, 0.3) is 5.56 Å². The van der Waals surface area contributed by atoms with Crippen LogP contribution in [0.1, 0.15) is 36.9 Å². The number of carbonyl (C=O) groups excluding carboxylic acids is 2.